The Balaban J connectivity index is 2.47. The molecule has 0 radical (unpaired) electrons. The minimum absolute atomic E-state index is 0.436. The summed E-state index contributed by atoms with van der Waals surface area (Å²) in [7, 11) is 1.66. The molecule has 1 aromatic rings. The molecule has 1 atom stereocenters. The molecule has 0 fully saturated rings. The number of hydrogen-bond acceptors (Lipinski definition) is 3. The van der Waals surface area contributed by atoms with Gasteiger partial charge in [0.2, 0.25) is 0 Å². The van der Waals surface area contributed by atoms with Crippen LogP contribution in [-0.2, 0) is 4.74 Å². The van der Waals surface area contributed by atoms with Crippen LogP contribution >= 0.6 is 0 Å². The molecule has 0 aliphatic heterocycles. The maximum atomic E-state index is 9.76. The van der Waals surface area contributed by atoms with Crippen molar-refractivity contribution in [1.82, 2.24) is 0 Å². The molecular weight excluding hydrogens is 178 g/mol. The highest BCUT2D eigenvalue weighted by atomic mass is 16.5. The molecule has 3 heteroatoms. The van der Waals surface area contributed by atoms with Crippen LogP contribution < -0.4 is 5.73 Å². The topological polar surface area (TPSA) is 55.5 Å². The second-order valence-electron chi connectivity index (χ2n) is 3.32. The van der Waals surface area contributed by atoms with Gasteiger partial charge in [0.05, 0.1) is 6.10 Å². The van der Waals surface area contributed by atoms with Crippen LogP contribution in [0.2, 0.25) is 0 Å². The summed E-state index contributed by atoms with van der Waals surface area (Å²) in [5.41, 5.74) is 7.18. The summed E-state index contributed by atoms with van der Waals surface area (Å²) in [5, 5.41) is 9.76. The normalized spacial score (nSPS) is 12.7. The molecule has 0 aromatic heterocycles. The summed E-state index contributed by atoms with van der Waals surface area (Å²) in [5.74, 6) is 0. The Morgan fingerprint density at radius 2 is 2.29 bits per heavy atom. The second kappa shape index (κ2) is 5.62. The van der Waals surface area contributed by atoms with Gasteiger partial charge in [-0.1, -0.05) is 12.1 Å². The first-order valence-corrected chi connectivity index (χ1v) is 4.76. The molecule has 3 N–H and O–H groups in total. The van der Waals surface area contributed by atoms with E-state index in [1.807, 2.05) is 18.2 Å². The molecule has 0 heterocycles. The van der Waals surface area contributed by atoms with Gasteiger partial charge < -0.3 is 15.6 Å². The fraction of sp³-hybridized carbons (Fsp3) is 0.455. The number of nitrogen functional groups attached to an aromatic ring is 1. The van der Waals surface area contributed by atoms with Gasteiger partial charge in [-0.3, -0.25) is 0 Å². The minimum Gasteiger partial charge on any atom is -0.399 e. The Kier molecular flexibility index (Phi) is 4.43. The van der Waals surface area contributed by atoms with E-state index < -0.39 is 6.10 Å². The molecule has 0 saturated carbocycles. The standard InChI is InChI=1S/C11H17NO2/c1-14-7-3-6-11(13)9-4-2-5-10(12)8-9/h2,4-5,8,11,13H,3,6-7,12H2,1H3. The second-order valence-corrected chi connectivity index (χ2v) is 3.32. The number of anilines is 1. The lowest BCUT2D eigenvalue weighted by molar-refractivity contribution is 0.136. The summed E-state index contributed by atoms with van der Waals surface area (Å²) in [6.45, 7) is 0.680. The Hall–Kier alpha value is -1.06. The Bertz CT molecular complexity index is 276. The van der Waals surface area contributed by atoms with Gasteiger partial charge in [-0.05, 0) is 30.5 Å². The monoisotopic (exact) mass is 195 g/mol. The van der Waals surface area contributed by atoms with Crippen molar-refractivity contribution in [2.24, 2.45) is 0 Å². The maximum absolute atomic E-state index is 9.76. The lowest BCUT2D eigenvalue weighted by Crippen LogP contribution is -2.00. The summed E-state index contributed by atoms with van der Waals surface area (Å²) < 4.78 is 4.92. The van der Waals surface area contributed by atoms with E-state index in [2.05, 4.69) is 0 Å². The van der Waals surface area contributed by atoms with E-state index in [4.69, 9.17) is 10.5 Å². The molecule has 1 rings (SSSR count). The first-order chi connectivity index (χ1) is 6.74. The highest BCUT2D eigenvalue weighted by molar-refractivity contribution is 5.41. The Morgan fingerprint density at radius 1 is 1.50 bits per heavy atom. The van der Waals surface area contributed by atoms with Gasteiger partial charge in [0, 0.05) is 19.4 Å². The van der Waals surface area contributed by atoms with Crippen molar-refractivity contribution in [1.29, 1.82) is 0 Å². The summed E-state index contributed by atoms with van der Waals surface area (Å²) in [4.78, 5) is 0. The molecule has 0 aliphatic carbocycles. The zero-order valence-corrected chi connectivity index (χ0v) is 8.44. The zero-order valence-electron chi connectivity index (χ0n) is 8.44. The summed E-state index contributed by atoms with van der Waals surface area (Å²) in [6, 6.07) is 7.35. The van der Waals surface area contributed by atoms with Gasteiger partial charge in [-0.2, -0.15) is 0 Å². The van der Waals surface area contributed by atoms with Gasteiger partial charge in [0.15, 0.2) is 0 Å². The van der Waals surface area contributed by atoms with Gasteiger partial charge in [0.25, 0.3) is 0 Å². The molecular formula is C11H17NO2. The van der Waals surface area contributed by atoms with Crippen molar-refractivity contribution in [2.45, 2.75) is 18.9 Å². The average Bonchev–Trinajstić information content (AvgIpc) is 2.18. The van der Waals surface area contributed by atoms with Crippen LogP contribution in [0.4, 0.5) is 5.69 Å². The zero-order chi connectivity index (χ0) is 10.4. The maximum Gasteiger partial charge on any atom is 0.0791 e. The Morgan fingerprint density at radius 3 is 2.93 bits per heavy atom. The molecule has 0 spiro atoms. The fourth-order valence-electron chi connectivity index (χ4n) is 1.35. The number of aliphatic hydroxyl groups is 1. The largest absolute Gasteiger partial charge is 0.399 e. The lowest BCUT2D eigenvalue weighted by Gasteiger charge is -2.10. The van der Waals surface area contributed by atoms with Gasteiger partial charge in [0.1, 0.15) is 0 Å². The van der Waals surface area contributed by atoms with E-state index >= 15 is 0 Å². The molecule has 14 heavy (non-hydrogen) atoms. The van der Waals surface area contributed by atoms with Crippen molar-refractivity contribution >= 4 is 5.69 Å². The number of ether oxygens (including phenoxy) is 1. The smallest absolute Gasteiger partial charge is 0.0791 e. The van der Waals surface area contributed by atoms with Crippen LogP contribution in [0.15, 0.2) is 24.3 Å². The summed E-state index contributed by atoms with van der Waals surface area (Å²) in [6.07, 6.45) is 1.12. The van der Waals surface area contributed by atoms with Crippen molar-refractivity contribution in [2.75, 3.05) is 19.5 Å². The first-order valence-electron chi connectivity index (χ1n) is 4.76. The minimum atomic E-state index is -0.436. The third-order valence-electron chi connectivity index (χ3n) is 2.12. The van der Waals surface area contributed by atoms with Gasteiger partial charge in [-0.25, -0.2) is 0 Å². The number of aliphatic hydroxyl groups excluding tert-OH is 1. The first kappa shape index (κ1) is 11.0. The SMILES string of the molecule is COCCCC(O)c1cccc(N)c1. The van der Waals surface area contributed by atoms with Crippen molar-refractivity contribution in [3.8, 4) is 0 Å². The highest BCUT2D eigenvalue weighted by Crippen LogP contribution is 2.19. The van der Waals surface area contributed by atoms with E-state index in [0.29, 0.717) is 18.7 Å². The van der Waals surface area contributed by atoms with E-state index in [1.165, 1.54) is 0 Å². The van der Waals surface area contributed by atoms with Crippen LogP contribution in [0, 0.1) is 0 Å². The Labute approximate surface area is 84.5 Å². The molecule has 0 bridgehead atoms. The van der Waals surface area contributed by atoms with Crippen molar-refractivity contribution in [3.63, 3.8) is 0 Å². The van der Waals surface area contributed by atoms with E-state index in [9.17, 15) is 5.11 Å². The molecule has 3 nitrogen and oxygen atoms in total. The number of benzene rings is 1. The van der Waals surface area contributed by atoms with Crippen LogP contribution in [0.5, 0.6) is 0 Å². The molecule has 0 aliphatic rings. The average molecular weight is 195 g/mol. The van der Waals surface area contributed by atoms with E-state index in [0.717, 1.165) is 12.0 Å². The summed E-state index contributed by atoms with van der Waals surface area (Å²) >= 11 is 0. The fourth-order valence-corrected chi connectivity index (χ4v) is 1.35. The molecule has 0 saturated heterocycles. The molecule has 1 aromatic carbocycles. The van der Waals surface area contributed by atoms with E-state index in [1.54, 1.807) is 13.2 Å². The van der Waals surface area contributed by atoms with Crippen molar-refractivity contribution < 1.29 is 9.84 Å². The molecule has 1 unspecified atom stereocenters. The predicted octanol–water partition coefficient (Wildman–Crippen LogP) is 1.73. The van der Waals surface area contributed by atoms with Gasteiger partial charge >= 0.3 is 0 Å². The predicted molar refractivity (Wildman–Crippen MR) is 56.9 cm³/mol. The van der Waals surface area contributed by atoms with Crippen LogP contribution in [0.25, 0.3) is 0 Å². The third kappa shape index (κ3) is 3.36. The lowest BCUT2D eigenvalue weighted by atomic mass is 10.0. The molecule has 78 valence electrons. The van der Waals surface area contributed by atoms with Crippen LogP contribution in [0.3, 0.4) is 0 Å². The molecule has 0 amide bonds. The van der Waals surface area contributed by atoms with E-state index in [-0.39, 0.29) is 0 Å². The number of nitrogens with two attached hydrogens (primary N) is 1. The number of methoxy groups -OCH3 is 1. The quantitative estimate of drug-likeness (QED) is 0.555. The van der Waals surface area contributed by atoms with Crippen LogP contribution in [-0.4, -0.2) is 18.8 Å². The number of rotatable bonds is 5. The number of hydrogen-bond donors (Lipinski definition) is 2. The van der Waals surface area contributed by atoms with Gasteiger partial charge in [-0.15, -0.1) is 0 Å². The third-order valence-corrected chi connectivity index (χ3v) is 2.12. The van der Waals surface area contributed by atoms with Crippen molar-refractivity contribution in [3.05, 3.63) is 29.8 Å². The van der Waals surface area contributed by atoms with Crippen LogP contribution in [0.1, 0.15) is 24.5 Å². The highest BCUT2D eigenvalue weighted by Gasteiger charge is 2.06.